The summed E-state index contributed by atoms with van der Waals surface area (Å²) in [5.41, 5.74) is 5.33. The fourth-order valence-electron chi connectivity index (χ4n) is 4.05. The molecular weight excluding hydrogens is 412 g/mol. The molecule has 0 fully saturated rings. The summed E-state index contributed by atoms with van der Waals surface area (Å²) in [5, 5.41) is 14.5. The first-order chi connectivity index (χ1) is 16.0. The van der Waals surface area contributed by atoms with Crippen LogP contribution in [0.15, 0.2) is 59.5 Å². The Hall–Kier alpha value is -3.48. The third-order valence-electron chi connectivity index (χ3n) is 6.26. The smallest absolute Gasteiger partial charge is 0.299 e. The van der Waals surface area contributed by atoms with Crippen LogP contribution < -0.4 is 5.69 Å². The first kappa shape index (κ1) is 22.7. The average molecular weight is 445 g/mol. The number of rotatable bonds is 9. The molecule has 0 aliphatic carbocycles. The molecule has 0 aliphatic heterocycles. The van der Waals surface area contributed by atoms with Gasteiger partial charge in [-0.3, -0.25) is 9.13 Å². The molecule has 0 radical (unpaired) electrons. The molecule has 0 amide bonds. The van der Waals surface area contributed by atoms with Gasteiger partial charge in [-0.25, -0.2) is 4.79 Å². The van der Waals surface area contributed by atoms with E-state index in [0.29, 0.717) is 24.2 Å². The molecule has 2 aromatic heterocycles. The summed E-state index contributed by atoms with van der Waals surface area (Å²) in [6.07, 6.45) is 4.06. The Kier molecular flexibility index (Phi) is 6.87. The highest BCUT2D eigenvalue weighted by Crippen LogP contribution is 2.30. The lowest BCUT2D eigenvalue weighted by Gasteiger charge is -2.13. The van der Waals surface area contributed by atoms with Crippen LogP contribution in [0.2, 0.25) is 0 Å². The van der Waals surface area contributed by atoms with Gasteiger partial charge in [0.1, 0.15) is 0 Å². The van der Waals surface area contributed by atoms with E-state index in [-0.39, 0.29) is 5.69 Å². The number of nitrogens with zero attached hydrogens (tertiary/aromatic N) is 5. The normalized spacial score (nSPS) is 12.4. The molecule has 2 heterocycles. The maximum Gasteiger partial charge on any atom is 0.328 e. The van der Waals surface area contributed by atoms with E-state index in [1.807, 2.05) is 27.3 Å². The van der Waals surface area contributed by atoms with Crippen LogP contribution in [0.3, 0.4) is 0 Å². The van der Waals surface area contributed by atoms with Gasteiger partial charge in [0.25, 0.3) is 0 Å². The predicted octanol–water partition coefficient (Wildman–Crippen LogP) is 5.10. The van der Waals surface area contributed by atoms with Crippen molar-refractivity contribution in [2.24, 2.45) is 5.92 Å². The molecule has 33 heavy (non-hydrogen) atoms. The predicted molar refractivity (Wildman–Crippen MR) is 131 cm³/mol. The van der Waals surface area contributed by atoms with Crippen molar-refractivity contribution >= 4 is 0 Å². The van der Waals surface area contributed by atoms with Crippen molar-refractivity contribution < 1.29 is 0 Å². The number of H-pyrrole nitrogens is 1. The highest BCUT2D eigenvalue weighted by atomic mass is 16.1. The fourth-order valence-corrected chi connectivity index (χ4v) is 4.05. The minimum absolute atomic E-state index is 0.0810. The zero-order valence-electron chi connectivity index (χ0n) is 19.8. The monoisotopic (exact) mass is 444 g/mol. The molecule has 4 aromatic rings. The van der Waals surface area contributed by atoms with Gasteiger partial charge in [-0.15, -0.1) is 10.2 Å². The minimum atomic E-state index is 0.0810. The van der Waals surface area contributed by atoms with Crippen molar-refractivity contribution in [3.63, 3.8) is 0 Å². The third-order valence-corrected chi connectivity index (χ3v) is 6.26. The number of aromatic amines is 1. The van der Waals surface area contributed by atoms with Crippen LogP contribution in [0.25, 0.3) is 22.5 Å². The van der Waals surface area contributed by atoms with Crippen LogP contribution >= 0.6 is 0 Å². The van der Waals surface area contributed by atoms with E-state index in [0.717, 1.165) is 47.3 Å². The van der Waals surface area contributed by atoms with E-state index in [2.05, 4.69) is 84.8 Å². The van der Waals surface area contributed by atoms with Crippen molar-refractivity contribution in [3.8, 4) is 22.5 Å². The second kappa shape index (κ2) is 9.98. The van der Waals surface area contributed by atoms with Crippen LogP contribution in [-0.2, 0) is 13.1 Å². The molecule has 0 bridgehead atoms. The molecule has 4 rings (SSSR count). The van der Waals surface area contributed by atoms with Crippen LogP contribution in [0.4, 0.5) is 0 Å². The number of hydrogen-bond donors (Lipinski definition) is 1. The summed E-state index contributed by atoms with van der Waals surface area (Å²) in [7, 11) is 0. The summed E-state index contributed by atoms with van der Waals surface area (Å²) >= 11 is 0. The van der Waals surface area contributed by atoms with E-state index in [9.17, 15) is 4.79 Å². The zero-order chi connectivity index (χ0) is 23.4. The molecule has 1 atom stereocenters. The Morgan fingerprint density at radius 1 is 1.00 bits per heavy atom. The van der Waals surface area contributed by atoms with E-state index in [1.54, 1.807) is 0 Å². The lowest BCUT2D eigenvalue weighted by Crippen LogP contribution is -2.26. The SMILES string of the molecule is CCC(C)c1cn(CCC(C)C)c(=O)n1Cc1ccc(-c2ccccc2-c2nn[nH]n2)cc1. The van der Waals surface area contributed by atoms with E-state index >= 15 is 0 Å². The minimum Gasteiger partial charge on any atom is -0.299 e. The maximum atomic E-state index is 13.2. The van der Waals surface area contributed by atoms with Crippen LogP contribution in [0.5, 0.6) is 0 Å². The summed E-state index contributed by atoms with van der Waals surface area (Å²) in [4.78, 5) is 13.2. The van der Waals surface area contributed by atoms with Crippen LogP contribution in [0, 0.1) is 5.92 Å². The van der Waals surface area contributed by atoms with Crippen molar-refractivity contribution in [3.05, 3.63) is 76.5 Å². The number of nitrogens with one attached hydrogen (secondary N) is 1. The number of aromatic nitrogens is 6. The first-order valence-electron chi connectivity index (χ1n) is 11.7. The fraction of sp³-hybridized carbons (Fsp3) is 0.385. The Morgan fingerprint density at radius 3 is 2.36 bits per heavy atom. The number of benzene rings is 2. The van der Waals surface area contributed by atoms with E-state index in [1.165, 1.54) is 0 Å². The molecule has 7 heteroatoms. The topological polar surface area (TPSA) is 81.4 Å². The van der Waals surface area contributed by atoms with Gasteiger partial charge in [-0.05, 0) is 46.6 Å². The standard InChI is InChI=1S/C26H32N6O/c1-5-19(4)24-17-31(15-14-18(2)3)26(33)32(24)16-20-10-12-21(13-11-20)22-8-6-7-9-23(22)25-27-29-30-28-25/h6-13,17-19H,5,14-16H2,1-4H3,(H,27,28,29,30). The van der Waals surface area contributed by atoms with E-state index in [4.69, 9.17) is 0 Å². The van der Waals surface area contributed by atoms with Gasteiger partial charge in [-0.1, -0.05) is 76.2 Å². The Balaban J connectivity index is 1.62. The lowest BCUT2D eigenvalue weighted by molar-refractivity contribution is 0.502. The van der Waals surface area contributed by atoms with Gasteiger partial charge in [0.15, 0.2) is 0 Å². The second-order valence-corrected chi connectivity index (χ2v) is 9.09. The third kappa shape index (κ3) is 4.97. The van der Waals surface area contributed by atoms with Crippen molar-refractivity contribution in [2.75, 3.05) is 0 Å². The number of hydrogen-bond acceptors (Lipinski definition) is 4. The molecule has 1 unspecified atom stereocenters. The van der Waals surface area contributed by atoms with Crippen LogP contribution in [-0.4, -0.2) is 29.8 Å². The number of imidazole rings is 1. The Morgan fingerprint density at radius 2 is 1.73 bits per heavy atom. The Labute approximate surface area is 194 Å². The quantitative estimate of drug-likeness (QED) is 0.389. The highest BCUT2D eigenvalue weighted by Gasteiger charge is 2.17. The van der Waals surface area contributed by atoms with Gasteiger partial charge in [0, 0.05) is 24.0 Å². The van der Waals surface area contributed by atoms with Crippen molar-refractivity contribution in [1.29, 1.82) is 0 Å². The van der Waals surface area contributed by atoms with E-state index < -0.39 is 0 Å². The van der Waals surface area contributed by atoms with Crippen molar-refractivity contribution in [2.45, 2.75) is 59.5 Å². The van der Waals surface area contributed by atoms with Gasteiger partial charge in [0.2, 0.25) is 5.82 Å². The molecule has 2 aromatic carbocycles. The molecule has 1 N–H and O–H groups in total. The number of tetrazole rings is 1. The molecule has 0 aliphatic rings. The lowest BCUT2D eigenvalue weighted by atomic mass is 9.98. The summed E-state index contributed by atoms with van der Waals surface area (Å²) in [6.45, 7) is 10.1. The van der Waals surface area contributed by atoms with Crippen LogP contribution in [0.1, 0.15) is 57.7 Å². The summed E-state index contributed by atoms with van der Waals surface area (Å²) in [5.74, 6) is 1.47. The molecule has 0 saturated carbocycles. The first-order valence-corrected chi connectivity index (χ1v) is 11.7. The molecule has 7 nitrogen and oxygen atoms in total. The van der Waals surface area contributed by atoms with Gasteiger partial charge >= 0.3 is 5.69 Å². The largest absolute Gasteiger partial charge is 0.328 e. The Bertz CT molecular complexity index is 1230. The maximum absolute atomic E-state index is 13.2. The van der Waals surface area contributed by atoms with Gasteiger partial charge in [0.05, 0.1) is 6.54 Å². The summed E-state index contributed by atoms with van der Waals surface area (Å²) in [6, 6.07) is 16.4. The molecular formula is C26H32N6O. The second-order valence-electron chi connectivity index (χ2n) is 9.09. The zero-order valence-corrected chi connectivity index (χ0v) is 19.8. The molecule has 0 spiro atoms. The van der Waals surface area contributed by atoms with Crippen molar-refractivity contribution in [1.82, 2.24) is 29.8 Å². The van der Waals surface area contributed by atoms with Gasteiger partial charge in [-0.2, -0.15) is 5.21 Å². The van der Waals surface area contributed by atoms with Gasteiger partial charge < -0.3 is 0 Å². The molecule has 172 valence electrons. The molecule has 0 saturated heterocycles. The average Bonchev–Trinajstić information content (AvgIpc) is 3.47. The number of aryl methyl sites for hydroxylation is 1. The summed E-state index contributed by atoms with van der Waals surface area (Å²) < 4.78 is 3.83. The highest BCUT2D eigenvalue weighted by molar-refractivity contribution is 5.80.